The van der Waals surface area contributed by atoms with Crippen LogP contribution in [-0.4, -0.2) is 54.8 Å². The van der Waals surface area contributed by atoms with E-state index in [0.717, 1.165) is 33.4 Å². The van der Waals surface area contributed by atoms with Gasteiger partial charge in [-0.15, -0.1) is 0 Å². The Bertz CT molecular complexity index is 1760. The predicted octanol–water partition coefficient (Wildman–Crippen LogP) is 6.35. The summed E-state index contributed by atoms with van der Waals surface area (Å²) in [5.74, 6) is -1.27. The maximum absolute atomic E-state index is 13.6. The molecule has 0 fully saturated rings. The highest BCUT2D eigenvalue weighted by molar-refractivity contribution is 5.84. The van der Waals surface area contributed by atoms with Crippen molar-refractivity contribution >= 4 is 17.8 Å². The van der Waals surface area contributed by atoms with Crippen molar-refractivity contribution < 1.29 is 29.0 Å². The Kier molecular flexibility index (Phi) is 12.7. The number of rotatable bonds is 17. The van der Waals surface area contributed by atoms with Gasteiger partial charge in [0.15, 0.2) is 0 Å². The Hall–Kier alpha value is -5.73. The highest BCUT2D eigenvalue weighted by Gasteiger charge is 2.28. The number of carboxylic acids is 1. The molecule has 5 rings (SSSR count). The molecular formula is C41H40N2O6. The number of amides is 1. The zero-order valence-corrected chi connectivity index (χ0v) is 27.2. The van der Waals surface area contributed by atoms with E-state index in [-0.39, 0.29) is 39.0 Å². The molecule has 0 aromatic heterocycles. The number of carboxylic acid groups (broad SMARTS) is 1. The third-order valence-electron chi connectivity index (χ3n) is 7.98. The molecule has 0 saturated carbocycles. The molecule has 5 aromatic rings. The molecule has 1 amide bonds. The van der Waals surface area contributed by atoms with Gasteiger partial charge < -0.3 is 19.9 Å². The van der Waals surface area contributed by atoms with Gasteiger partial charge in [0.2, 0.25) is 5.91 Å². The average Bonchev–Trinajstić information content (AvgIpc) is 3.14. The van der Waals surface area contributed by atoms with E-state index in [1.54, 1.807) is 0 Å². The van der Waals surface area contributed by atoms with Crippen molar-refractivity contribution in [3.05, 3.63) is 151 Å². The van der Waals surface area contributed by atoms with Crippen molar-refractivity contribution in [2.75, 3.05) is 19.8 Å². The zero-order valence-electron chi connectivity index (χ0n) is 27.2. The Morgan fingerprint density at radius 3 is 1.55 bits per heavy atom. The van der Waals surface area contributed by atoms with Crippen molar-refractivity contribution in [2.45, 2.75) is 31.3 Å². The second-order valence-electron chi connectivity index (χ2n) is 11.6. The lowest BCUT2D eigenvalue weighted by Gasteiger charge is -2.25. The summed E-state index contributed by atoms with van der Waals surface area (Å²) in [6.45, 7) is 0.155. The minimum atomic E-state index is -1.01. The highest BCUT2D eigenvalue weighted by Crippen LogP contribution is 2.22. The van der Waals surface area contributed by atoms with Crippen molar-refractivity contribution in [1.82, 2.24) is 10.6 Å². The number of carbonyl (C=O) groups is 3. The number of nitrogens with one attached hydrogen (secondary N) is 2. The molecule has 5 aromatic carbocycles. The minimum Gasteiger partial charge on any atom is -0.490 e. The van der Waals surface area contributed by atoms with E-state index in [9.17, 15) is 14.4 Å². The van der Waals surface area contributed by atoms with Crippen molar-refractivity contribution in [3.8, 4) is 28.0 Å². The molecular weight excluding hydrogens is 616 g/mol. The maximum Gasteiger partial charge on any atom is 0.323 e. The largest absolute Gasteiger partial charge is 0.490 e. The van der Waals surface area contributed by atoms with Gasteiger partial charge in [-0.3, -0.25) is 19.7 Å². The number of benzene rings is 5. The van der Waals surface area contributed by atoms with Crippen LogP contribution in [0.5, 0.6) is 5.75 Å². The molecule has 49 heavy (non-hydrogen) atoms. The lowest BCUT2D eigenvalue weighted by Crippen LogP contribution is -2.53. The molecule has 0 aliphatic heterocycles. The Morgan fingerprint density at radius 1 is 0.571 bits per heavy atom. The van der Waals surface area contributed by atoms with Crippen LogP contribution in [0.2, 0.25) is 0 Å². The number of para-hydroxylation sites is 1. The van der Waals surface area contributed by atoms with E-state index < -0.39 is 29.9 Å². The fourth-order valence-corrected chi connectivity index (χ4v) is 5.41. The van der Waals surface area contributed by atoms with Gasteiger partial charge in [-0.05, 0) is 58.4 Å². The molecule has 0 heterocycles. The standard InChI is InChI=1S/C41H40N2O6/c44-39(45)24-25-42-40(46)37(28-30-16-20-34(21-17-30)32-10-4-1-5-11-32)43-38(41(47)49-27-26-48-36-14-8-3-9-15-36)29-31-18-22-35(23-19-31)33-12-6-2-7-13-33/h1-23,37-38,43H,24-29H2,(H,42,46)(H,44,45)/t37-,38?/m0/s1. The third kappa shape index (κ3) is 10.9. The Labute approximate surface area is 286 Å². The zero-order chi connectivity index (χ0) is 34.3. The molecule has 3 N–H and O–H groups in total. The van der Waals surface area contributed by atoms with Crippen LogP contribution in [0.25, 0.3) is 22.3 Å². The number of ether oxygens (including phenoxy) is 2. The van der Waals surface area contributed by atoms with Crippen LogP contribution in [0.4, 0.5) is 0 Å². The van der Waals surface area contributed by atoms with E-state index in [2.05, 4.69) is 10.6 Å². The minimum absolute atomic E-state index is 0.0231. The normalized spacial score (nSPS) is 12.0. The van der Waals surface area contributed by atoms with Gasteiger partial charge in [0, 0.05) is 6.54 Å². The van der Waals surface area contributed by atoms with Gasteiger partial charge in [0.25, 0.3) is 0 Å². The highest BCUT2D eigenvalue weighted by atomic mass is 16.6. The number of hydrogen-bond donors (Lipinski definition) is 3. The monoisotopic (exact) mass is 656 g/mol. The van der Waals surface area contributed by atoms with Crippen LogP contribution >= 0.6 is 0 Å². The summed E-state index contributed by atoms with van der Waals surface area (Å²) in [6.07, 6.45) is 0.312. The smallest absolute Gasteiger partial charge is 0.323 e. The number of aliphatic carboxylic acids is 1. The summed E-state index contributed by atoms with van der Waals surface area (Å²) in [6, 6.07) is 43.4. The summed E-state index contributed by atoms with van der Waals surface area (Å²) in [5, 5.41) is 15.1. The topological polar surface area (TPSA) is 114 Å². The quantitative estimate of drug-likeness (QED) is 0.0790. The molecule has 0 radical (unpaired) electrons. The van der Waals surface area contributed by atoms with E-state index >= 15 is 0 Å². The molecule has 8 heteroatoms. The van der Waals surface area contributed by atoms with Gasteiger partial charge in [-0.25, -0.2) is 0 Å². The van der Waals surface area contributed by atoms with E-state index in [1.165, 1.54) is 0 Å². The average molecular weight is 657 g/mol. The van der Waals surface area contributed by atoms with Crippen LogP contribution in [0.15, 0.2) is 140 Å². The van der Waals surface area contributed by atoms with Gasteiger partial charge in [-0.2, -0.15) is 0 Å². The maximum atomic E-state index is 13.6. The van der Waals surface area contributed by atoms with Crippen LogP contribution in [0.3, 0.4) is 0 Å². The van der Waals surface area contributed by atoms with E-state index in [0.29, 0.717) is 5.75 Å². The molecule has 0 aliphatic rings. The first-order chi connectivity index (χ1) is 23.9. The third-order valence-corrected chi connectivity index (χ3v) is 7.98. The first kappa shape index (κ1) is 34.6. The Morgan fingerprint density at radius 2 is 1.04 bits per heavy atom. The molecule has 250 valence electrons. The van der Waals surface area contributed by atoms with Gasteiger partial charge in [0.05, 0.1) is 12.5 Å². The van der Waals surface area contributed by atoms with E-state index in [1.807, 2.05) is 140 Å². The summed E-state index contributed by atoms with van der Waals surface area (Å²) in [4.78, 5) is 38.3. The summed E-state index contributed by atoms with van der Waals surface area (Å²) in [5.41, 5.74) is 6.00. The van der Waals surface area contributed by atoms with Gasteiger partial charge in [-0.1, -0.05) is 127 Å². The fourth-order valence-electron chi connectivity index (χ4n) is 5.41. The first-order valence-corrected chi connectivity index (χ1v) is 16.3. The molecule has 1 unspecified atom stereocenters. The van der Waals surface area contributed by atoms with Gasteiger partial charge in [0.1, 0.15) is 25.0 Å². The van der Waals surface area contributed by atoms with E-state index in [4.69, 9.17) is 14.6 Å². The fraction of sp³-hybridized carbons (Fsp3) is 0.195. The summed E-state index contributed by atoms with van der Waals surface area (Å²) < 4.78 is 11.4. The number of esters is 1. The number of hydrogen-bond acceptors (Lipinski definition) is 6. The predicted molar refractivity (Wildman–Crippen MR) is 190 cm³/mol. The lowest BCUT2D eigenvalue weighted by molar-refractivity contribution is -0.147. The molecule has 0 aliphatic carbocycles. The van der Waals surface area contributed by atoms with Crippen molar-refractivity contribution in [2.24, 2.45) is 0 Å². The second-order valence-corrected chi connectivity index (χ2v) is 11.6. The summed E-state index contributed by atoms with van der Waals surface area (Å²) in [7, 11) is 0. The SMILES string of the molecule is O=C(O)CCNC(=O)[C@H](Cc1ccc(-c2ccccc2)cc1)NC(Cc1ccc(-c2ccccc2)cc1)C(=O)OCCOc1ccccc1. The molecule has 2 atom stereocenters. The second kappa shape index (κ2) is 18.0. The van der Waals surface area contributed by atoms with Crippen LogP contribution < -0.4 is 15.4 Å². The molecule has 0 spiro atoms. The molecule has 0 saturated heterocycles. The van der Waals surface area contributed by atoms with Crippen LogP contribution in [0.1, 0.15) is 17.5 Å². The Balaban J connectivity index is 1.33. The summed E-state index contributed by atoms with van der Waals surface area (Å²) >= 11 is 0. The number of carbonyl (C=O) groups excluding carboxylic acids is 2. The lowest BCUT2D eigenvalue weighted by atomic mass is 9.98. The van der Waals surface area contributed by atoms with Crippen molar-refractivity contribution in [1.29, 1.82) is 0 Å². The van der Waals surface area contributed by atoms with Crippen LogP contribution in [0, 0.1) is 0 Å². The molecule has 0 bridgehead atoms. The van der Waals surface area contributed by atoms with Gasteiger partial charge >= 0.3 is 11.9 Å². The molecule has 8 nitrogen and oxygen atoms in total. The van der Waals surface area contributed by atoms with Crippen molar-refractivity contribution in [3.63, 3.8) is 0 Å². The first-order valence-electron chi connectivity index (χ1n) is 16.3. The van der Waals surface area contributed by atoms with Crippen LogP contribution in [-0.2, 0) is 32.0 Å².